The lowest BCUT2D eigenvalue weighted by molar-refractivity contribution is 0.178. The molecular weight excluding hydrogens is 500 g/mol. The van der Waals surface area contributed by atoms with Gasteiger partial charge in [-0.1, -0.05) is 29.3 Å². The summed E-state index contributed by atoms with van der Waals surface area (Å²) in [5, 5.41) is 6.13. The van der Waals surface area contributed by atoms with Crippen LogP contribution < -0.4 is 4.90 Å². The van der Waals surface area contributed by atoms with Crippen molar-refractivity contribution in [2.45, 2.75) is 25.3 Å². The molecule has 11 heteroatoms. The van der Waals surface area contributed by atoms with Gasteiger partial charge in [0.1, 0.15) is 12.4 Å². The van der Waals surface area contributed by atoms with Gasteiger partial charge in [-0.3, -0.25) is 0 Å². The molecule has 0 aliphatic carbocycles. The number of fused-ring (bicyclic) bond motifs is 1. The molecule has 1 aliphatic rings. The first-order chi connectivity index (χ1) is 17.3. The number of aryl methyl sites for hydroxylation is 2. The lowest BCUT2D eigenvalue weighted by Crippen LogP contribution is -2.49. The zero-order valence-corrected chi connectivity index (χ0v) is 21.9. The normalized spacial score (nSPS) is 15.1. The van der Waals surface area contributed by atoms with Gasteiger partial charge >= 0.3 is 0 Å². The number of aromatic nitrogens is 4. The van der Waals surface area contributed by atoms with Gasteiger partial charge in [0.15, 0.2) is 11.5 Å². The molecule has 1 saturated heterocycles. The number of halogens is 1. The minimum Gasteiger partial charge on any atom is -0.377 e. The summed E-state index contributed by atoms with van der Waals surface area (Å²) in [6, 6.07) is 14.4. The summed E-state index contributed by atoms with van der Waals surface area (Å²) in [4.78, 5) is 11.9. The summed E-state index contributed by atoms with van der Waals surface area (Å²) in [6.07, 6.45) is 0. The van der Waals surface area contributed by atoms with Crippen molar-refractivity contribution in [3.05, 3.63) is 70.6 Å². The molecule has 9 nitrogen and oxygen atoms in total. The molecule has 1 fully saturated rings. The van der Waals surface area contributed by atoms with E-state index in [1.54, 1.807) is 19.2 Å². The topological polar surface area (TPSA) is 93.5 Å². The van der Waals surface area contributed by atoms with Crippen LogP contribution in [0, 0.1) is 13.8 Å². The highest BCUT2D eigenvalue weighted by molar-refractivity contribution is 7.89. The van der Waals surface area contributed by atoms with Crippen LogP contribution in [-0.4, -0.2) is 65.8 Å². The van der Waals surface area contributed by atoms with Crippen LogP contribution in [0.2, 0.25) is 5.02 Å². The monoisotopic (exact) mass is 526 g/mol. The van der Waals surface area contributed by atoms with Gasteiger partial charge < -0.3 is 9.64 Å². The maximum atomic E-state index is 13.1. The molecule has 188 valence electrons. The van der Waals surface area contributed by atoms with Crippen LogP contribution in [0.5, 0.6) is 0 Å². The first-order valence-corrected chi connectivity index (χ1v) is 13.4. The second-order valence-electron chi connectivity index (χ2n) is 8.77. The van der Waals surface area contributed by atoms with E-state index in [-0.39, 0.29) is 11.5 Å². The van der Waals surface area contributed by atoms with E-state index < -0.39 is 10.0 Å². The Balaban J connectivity index is 1.49. The Kier molecular flexibility index (Phi) is 6.69. The molecule has 1 aliphatic heterocycles. The second kappa shape index (κ2) is 9.78. The number of hydrogen-bond donors (Lipinski definition) is 0. The van der Waals surface area contributed by atoms with E-state index in [9.17, 15) is 8.42 Å². The third-order valence-corrected chi connectivity index (χ3v) is 8.44. The van der Waals surface area contributed by atoms with E-state index in [0.717, 1.165) is 28.1 Å². The van der Waals surface area contributed by atoms with Gasteiger partial charge in [-0.05, 0) is 50.2 Å². The lowest BCUT2D eigenvalue weighted by atomic mass is 10.2. The van der Waals surface area contributed by atoms with Crippen LogP contribution >= 0.6 is 11.6 Å². The molecule has 3 heterocycles. The predicted molar refractivity (Wildman–Crippen MR) is 139 cm³/mol. The number of piperazine rings is 1. The Morgan fingerprint density at radius 1 is 0.944 bits per heavy atom. The van der Waals surface area contributed by atoms with Gasteiger partial charge in [-0.25, -0.2) is 23.1 Å². The number of hydrogen-bond acceptors (Lipinski definition) is 7. The zero-order chi connectivity index (χ0) is 25.4. The van der Waals surface area contributed by atoms with E-state index >= 15 is 0 Å². The number of nitrogens with zero attached hydrogens (tertiary/aromatic N) is 6. The average molecular weight is 527 g/mol. The van der Waals surface area contributed by atoms with Gasteiger partial charge in [-0.2, -0.15) is 9.40 Å². The lowest BCUT2D eigenvalue weighted by Gasteiger charge is -2.35. The van der Waals surface area contributed by atoms with Crippen LogP contribution in [0.25, 0.3) is 16.7 Å². The first kappa shape index (κ1) is 24.6. The summed E-state index contributed by atoms with van der Waals surface area (Å²) in [7, 11) is -2.00. The molecular formula is C25H27ClN6O3S. The van der Waals surface area contributed by atoms with Crippen molar-refractivity contribution in [2.24, 2.45) is 0 Å². The summed E-state index contributed by atoms with van der Waals surface area (Å²) in [5.74, 6) is 1.29. The van der Waals surface area contributed by atoms with Crippen molar-refractivity contribution >= 4 is 38.5 Å². The Morgan fingerprint density at radius 2 is 1.61 bits per heavy atom. The number of ether oxygens (including phenoxy) is 1. The fourth-order valence-corrected chi connectivity index (χ4v) is 5.94. The minimum atomic E-state index is -3.61. The molecule has 0 unspecified atom stereocenters. The molecule has 0 atom stereocenters. The van der Waals surface area contributed by atoms with Crippen LogP contribution in [0.1, 0.15) is 17.1 Å². The predicted octanol–water partition coefficient (Wildman–Crippen LogP) is 3.74. The quantitative estimate of drug-likeness (QED) is 0.378. The Bertz CT molecular complexity index is 1500. The van der Waals surface area contributed by atoms with Crippen molar-refractivity contribution in [3.8, 4) is 5.69 Å². The van der Waals surface area contributed by atoms with Crippen LogP contribution in [-0.2, 0) is 21.4 Å². The third kappa shape index (κ3) is 4.57. The summed E-state index contributed by atoms with van der Waals surface area (Å²) < 4.78 is 34.9. The minimum absolute atomic E-state index is 0.238. The van der Waals surface area contributed by atoms with Gasteiger partial charge in [-0.15, -0.1) is 0 Å². The van der Waals surface area contributed by atoms with Gasteiger partial charge in [0.05, 0.1) is 21.7 Å². The average Bonchev–Trinajstić information content (AvgIpc) is 3.21. The van der Waals surface area contributed by atoms with Crippen molar-refractivity contribution in [1.82, 2.24) is 24.1 Å². The van der Waals surface area contributed by atoms with Gasteiger partial charge in [0.2, 0.25) is 10.0 Å². The summed E-state index contributed by atoms with van der Waals surface area (Å²) in [6.45, 7) is 5.88. The van der Waals surface area contributed by atoms with Crippen molar-refractivity contribution in [2.75, 3.05) is 38.2 Å². The molecule has 2 aromatic carbocycles. The van der Waals surface area contributed by atoms with Crippen molar-refractivity contribution in [3.63, 3.8) is 0 Å². The van der Waals surface area contributed by atoms with Crippen LogP contribution in [0.3, 0.4) is 0 Å². The summed E-state index contributed by atoms with van der Waals surface area (Å²) in [5.41, 5.74) is 3.57. The first-order valence-electron chi connectivity index (χ1n) is 11.6. The maximum Gasteiger partial charge on any atom is 0.243 e. The van der Waals surface area contributed by atoms with Crippen LogP contribution in [0.4, 0.5) is 5.82 Å². The van der Waals surface area contributed by atoms with Crippen molar-refractivity contribution in [1.29, 1.82) is 0 Å². The summed E-state index contributed by atoms with van der Waals surface area (Å²) >= 11 is 5.93. The number of sulfonamides is 1. The second-order valence-corrected chi connectivity index (χ2v) is 11.1. The van der Waals surface area contributed by atoms with Crippen molar-refractivity contribution < 1.29 is 13.2 Å². The SMILES string of the molecule is COCc1nc(N2CCN(S(=O)(=O)c3ccc(Cl)cc3)CC2)c2c(C)nn(-c3ccc(C)cc3)c2n1. The largest absolute Gasteiger partial charge is 0.377 e. The van der Waals surface area contributed by atoms with E-state index in [4.69, 9.17) is 31.4 Å². The Hall–Kier alpha value is -3.05. The smallest absolute Gasteiger partial charge is 0.243 e. The Morgan fingerprint density at radius 3 is 2.25 bits per heavy atom. The molecule has 0 radical (unpaired) electrons. The number of anilines is 1. The van der Waals surface area contributed by atoms with Crippen LogP contribution in [0.15, 0.2) is 53.4 Å². The molecule has 0 saturated carbocycles. The molecule has 0 spiro atoms. The fraction of sp³-hybridized carbons (Fsp3) is 0.320. The zero-order valence-electron chi connectivity index (χ0n) is 20.3. The molecule has 0 amide bonds. The molecule has 4 aromatic rings. The highest BCUT2D eigenvalue weighted by atomic mass is 35.5. The van der Waals surface area contributed by atoms with E-state index in [1.807, 2.05) is 42.8 Å². The maximum absolute atomic E-state index is 13.1. The number of benzene rings is 2. The Labute approximate surface area is 215 Å². The molecule has 5 rings (SSSR count). The fourth-order valence-electron chi connectivity index (χ4n) is 4.39. The number of rotatable bonds is 6. The van der Waals surface area contributed by atoms with E-state index in [1.165, 1.54) is 16.4 Å². The standard InChI is InChI=1S/C25H27ClN6O3S/c1-17-4-8-20(9-5-17)32-25-23(18(2)29-32)24(27-22(28-25)16-35-3)30-12-14-31(15-13-30)36(33,34)21-10-6-19(26)7-11-21/h4-11H,12-16H2,1-3H3. The third-order valence-electron chi connectivity index (χ3n) is 6.27. The number of methoxy groups -OCH3 is 1. The molecule has 0 bridgehead atoms. The van der Waals surface area contributed by atoms with Gasteiger partial charge in [0.25, 0.3) is 0 Å². The van der Waals surface area contributed by atoms with Gasteiger partial charge in [0, 0.05) is 38.3 Å². The molecule has 2 aromatic heterocycles. The van der Waals surface area contributed by atoms with E-state index in [0.29, 0.717) is 42.7 Å². The molecule has 0 N–H and O–H groups in total. The highest BCUT2D eigenvalue weighted by Gasteiger charge is 2.30. The van der Waals surface area contributed by atoms with E-state index in [2.05, 4.69) is 4.90 Å². The molecule has 36 heavy (non-hydrogen) atoms. The highest BCUT2D eigenvalue weighted by Crippen LogP contribution is 2.30.